The molecule has 0 amide bonds. The molecule has 1 aromatic carbocycles. The number of nitrogens with two attached hydrogens (primary N) is 1. The minimum absolute atomic E-state index is 0.135. The molecule has 0 radical (unpaired) electrons. The van der Waals surface area contributed by atoms with Gasteiger partial charge in [0, 0.05) is 25.7 Å². The molecule has 0 atom stereocenters. The van der Waals surface area contributed by atoms with Gasteiger partial charge in [0.1, 0.15) is 0 Å². The number of hydrogen-bond acceptors (Lipinski definition) is 4. The molecule has 1 aromatic rings. The first kappa shape index (κ1) is 13.2. The topological polar surface area (TPSA) is 77.1 Å². The van der Waals surface area contributed by atoms with Crippen LogP contribution in [0.1, 0.15) is 12.0 Å². The highest BCUT2D eigenvalue weighted by atomic mass is 19.1. The Balaban J connectivity index is 2.63. The third-order valence-electron chi connectivity index (χ3n) is 2.09. The van der Waals surface area contributed by atoms with Crippen LogP contribution in [0.15, 0.2) is 23.4 Å². The highest BCUT2D eigenvalue weighted by Gasteiger charge is 2.07. The molecule has 0 unspecified atom stereocenters. The number of ether oxygens (including phenoxy) is 2. The Hall–Kier alpha value is -1.82. The first-order valence-corrected chi connectivity index (χ1v) is 5.08. The van der Waals surface area contributed by atoms with E-state index in [1.807, 2.05) is 0 Å². The molecule has 0 saturated carbocycles. The second kappa shape index (κ2) is 6.70. The number of benzene rings is 1. The van der Waals surface area contributed by atoms with Crippen LogP contribution < -0.4 is 10.5 Å². The van der Waals surface area contributed by atoms with Crippen molar-refractivity contribution >= 4 is 5.84 Å². The molecule has 0 bridgehead atoms. The minimum atomic E-state index is -0.550. The molecule has 0 fully saturated rings. The van der Waals surface area contributed by atoms with Crippen LogP contribution in [0.4, 0.5) is 4.39 Å². The fourth-order valence-electron chi connectivity index (χ4n) is 1.22. The Morgan fingerprint density at radius 2 is 2.24 bits per heavy atom. The summed E-state index contributed by atoms with van der Waals surface area (Å²) < 4.78 is 23.6. The summed E-state index contributed by atoms with van der Waals surface area (Å²) in [6, 6.07) is 4.11. The van der Waals surface area contributed by atoms with Crippen molar-refractivity contribution in [3.8, 4) is 5.75 Å². The molecule has 0 aliphatic rings. The SMILES string of the molecule is COCCCOc1ccc(/C(N)=N/O)cc1F. The van der Waals surface area contributed by atoms with Gasteiger partial charge in [0.15, 0.2) is 17.4 Å². The Morgan fingerprint density at radius 3 is 2.82 bits per heavy atom. The van der Waals surface area contributed by atoms with Gasteiger partial charge in [-0.15, -0.1) is 0 Å². The second-order valence-electron chi connectivity index (χ2n) is 3.33. The predicted octanol–water partition coefficient (Wildman–Crippen LogP) is 1.34. The van der Waals surface area contributed by atoms with Crippen LogP contribution in [-0.2, 0) is 4.74 Å². The maximum Gasteiger partial charge on any atom is 0.170 e. The van der Waals surface area contributed by atoms with E-state index < -0.39 is 5.82 Å². The standard InChI is InChI=1S/C11H15FN2O3/c1-16-5-2-6-17-10-4-3-8(7-9(10)12)11(13)14-15/h3-4,7,15H,2,5-6H2,1H3,(H2,13,14). The number of rotatable bonds is 6. The molecule has 3 N–H and O–H groups in total. The van der Waals surface area contributed by atoms with E-state index in [2.05, 4.69) is 5.16 Å². The molecule has 1 rings (SSSR count). The van der Waals surface area contributed by atoms with Crippen LogP contribution in [0.3, 0.4) is 0 Å². The van der Waals surface area contributed by atoms with Gasteiger partial charge >= 0.3 is 0 Å². The smallest absolute Gasteiger partial charge is 0.170 e. The van der Waals surface area contributed by atoms with Gasteiger partial charge in [-0.05, 0) is 18.2 Å². The highest BCUT2D eigenvalue weighted by molar-refractivity contribution is 5.97. The molecule has 5 nitrogen and oxygen atoms in total. The molecule has 17 heavy (non-hydrogen) atoms. The van der Waals surface area contributed by atoms with Crippen molar-refractivity contribution < 1.29 is 19.1 Å². The van der Waals surface area contributed by atoms with Crippen LogP contribution in [0.5, 0.6) is 5.75 Å². The molecule has 0 aromatic heterocycles. The number of methoxy groups -OCH3 is 1. The Bertz CT molecular complexity index is 396. The zero-order valence-corrected chi connectivity index (χ0v) is 9.52. The van der Waals surface area contributed by atoms with Gasteiger partial charge in [0.05, 0.1) is 6.61 Å². The van der Waals surface area contributed by atoms with Crippen molar-refractivity contribution in [1.29, 1.82) is 0 Å². The molecule has 0 aliphatic heterocycles. The Kier molecular flexibility index (Phi) is 5.22. The fourth-order valence-corrected chi connectivity index (χ4v) is 1.22. The van der Waals surface area contributed by atoms with Crippen molar-refractivity contribution in [2.75, 3.05) is 20.3 Å². The summed E-state index contributed by atoms with van der Waals surface area (Å²) in [7, 11) is 1.59. The molecule has 94 valence electrons. The van der Waals surface area contributed by atoms with Crippen molar-refractivity contribution in [3.05, 3.63) is 29.6 Å². The summed E-state index contributed by atoms with van der Waals surface area (Å²) in [4.78, 5) is 0. The van der Waals surface area contributed by atoms with Crippen LogP contribution in [0.2, 0.25) is 0 Å². The van der Waals surface area contributed by atoms with Gasteiger partial charge in [-0.3, -0.25) is 0 Å². The first-order chi connectivity index (χ1) is 8.19. The lowest BCUT2D eigenvalue weighted by Gasteiger charge is -2.07. The summed E-state index contributed by atoms with van der Waals surface area (Å²) in [6.07, 6.45) is 0.679. The zero-order valence-electron chi connectivity index (χ0n) is 9.52. The van der Waals surface area contributed by atoms with Crippen molar-refractivity contribution in [2.24, 2.45) is 10.9 Å². The van der Waals surface area contributed by atoms with Crippen LogP contribution >= 0.6 is 0 Å². The normalized spacial score (nSPS) is 11.5. The number of hydrogen-bond donors (Lipinski definition) is 2. The maximum absolute atomic E-state index is 13.5. The second-order valence-corrected chi connectivity index (χ2v) is 3.33. The Labute approximate surface area is 98.6 Å². The van der Waals surface area contributed by atoms with Crippen molar-refractivity contribution in [3.63, 3.8) is 0 Å². The largest absolute Gasteiger partial charge is 0.490 e. The van der Waals surface area contributed by atoms with Crippen LogP contribution in [-0.4, -0.2) is 31.4 Å². The monoisotopic (exact) mass is 242 g/mol. The lowest BCUT2D eigenvalue weighted by molar-refractivity contribution is 0.170. The predicted molar refractivity (Wildman–Crippen MR) is 60.9 cm³/mol. The third kappa shape index (κ3) is 3.92. The molecule has 0 saturated heterocycles. The van der Waals surface area contributed by atoms with Crippen LogP contribution in [0.25, 0.3) is 0 Å². The summed E-state index contributed by atoms with van der Waals surface area (Å²) in [5, 5.41) is 11.2. The Morgan fingerprint density at radius 1 is 1.47 bits per heavy atom. The first-order valence-electron chi connectivity index (χ1n) is 5.08. The third-order valence-corrected chi connectivity index (χ3v) is 2.09. The number of halogens is 1. The zero-order chi connectivity index (χ0) is 12.7. The average Bonchev–Trinajstić information content (AvgIpc) is 2.35. The lowest BCUT2D eigenvalue weighted by Crippen LogP contribution is -2.13. The lowest BCUT2D eigenvalue weighted by atomic mass is 10.2. The van der Waals surface area contributed by atoms with Crippen molar-refractivity contribution in [2.45, 2.75) is 6.42 Å². The minimum Gasteiger partial charge on any atom is -0.490 e. The average molecular weight is 242 g/mol. The summed E-state index contributed by atoms with van der Waals surface area (Å²) >= 11 is 0. The molecule has 0 aliphatic carbocycles. The van der Waals surface area contributed by atoms with E-state index in [4.69, 9.17) is 20.4 Å². The fraction of sp³-hybridized carbons (Fsp3) is 0.364. The van der Waals surface area contributed by atoms with E-state index in [0.717, 1.165) is 6.07 Å². The van der Waals surface area contributed by atoms with Gasteiger partial charge in [-0.25, -0.2) is 4.39 Å². The van der Waals surface area contributed by atoms with Gasteiger partial charge in [0.25, 0.3) is 0 Å². The number of amidine groups is 1. The van der Waals surface area contributed by atoms with E-state index in [-0.39, 0.29) is 11.6 Å². The molecular formula is C11H15FN2O3. The number of nitrogens with zero attached hydrogens (tertiary/aromatic N) is 1. The molecular weight excluding hydrogens is 227 g/mol. The van der Waals surface area contributed by atoms with E-state index in [1.165, 1.54) is 12.1 Å². The van der Waals surface area contributed by atoms with Crippen LogP contribution in [0, 0.1) is 5.82 Å². The van der Waals surface area contributed by atoms with Gasteiger partial charge in [-0.2, -0.15) is 0 Å². The summed E-state index contributed by atoms with van der Waals surface area (Å²) in [5.41, 5.74) is 5.63. The molecule has 0 spiro atoms. The molecule has 6 heteroatoms. The van der Waals surface area contributed by atoms with Gasteiger partial charge in [-0.1, -0.05) is 5.16 Å². The van der Waals surface area contributed by atoms with Crippen molar-refractivity contribution in [1.82, 2.24) is 0 Å². The maximum atomic E-state index is 13.5. The summed E-state index contributed by atoms with van der Waals surface area (Å²) in [6.45, 7) is 0.928. The quantitative estimate of drug-likeness (QED) is 0.259. The van der Waals surface area contributed by atoms with E-state index in [1.54, 1.807) is 7.11 Å². The highest BCUT2D eigenvalue weighted by Crippen LogP contribution is 2.18. The summed E-state index contributed by atoms with van der Waals surface area (Å²) in [5.74, 6) is -0.558. The van der Waals surface area contributed by atoms with Gasteiger partial charge in [0.2, 0.25) is 0 Å². The van der Waals surface area contributed by atoms with E-state index >= 15 is 0 Å². The molecule has 0 heterocycles. The number of oxime groups is 1. The van der Waals surface area contributed by atoms with Gasteiger partial charge < -0.3 is 20.4 Å². The van der Waals surface area contributed by atoms with E-state index in [0.29, 0.717) is 25.2 Å². The van der Waals surface area contributed by atoms with E-state index in [9.17, 15) is 4.39 Å².